The molecule has 0 amide bonds. The first kappa shape index (κ1) is 17.4. The highest BCUT2D eigenvalue weighted by molar-refractivity contribution is 9.10. The van der Waals surface area contributed by atoms with Crippen molar-refractivity contribution < 1.29 is 13.2 Å². The van der Waals surface area contributed by atoms with Gasteiger partial charge in [0.25, 0.3) is 0 Å². The summed E-state index contributed by atoms with van der Waals surface area (Å²) in [6.07, 6.45) is 0. The molecule has 5 nitrogen and oxygen atoms in total. The van der Waals surface area contributed by atoms with E-state index in [4.69, 9.17) is 4.74 Å². The molecule has 1 aromatic rings. The molecule has 1 aromatic carbocycles. The molecule has 0 spiro atoms. The fraction of sp³-hybridized carbons (Fsp3) is 0.538. The molecule has 0 saturated heterocycles. The summed E-state index contributed by atoms with van der Waals surface area (Å²) >= 11 is 3.32. The summed E-state index contributed by atoms with van der Waals surface area (Å²) in [7, 11) is -3.50. The number of hydrogen-bond donors (Lipinski definition) is 2. The van der Waals surface area contributed by atoms with Crippen LogP contribution in [-0.4, -0.2) is 34.2 Å². The van der Waals surface area contributed by atoms with Crippen LogP contribution in [0, 0.1) is 0 Å². The minimum Gasteiger partial charge on any atom is -0.493 e. The van der Waals surface area contributed by atoms with Gasteiger partial charge in [-0.1, -0.05) is 6.92 Å². The molecule has 1 rings (SSSR count). The van der Waals surface area contributed by atoms with Gasteiger partial charge in [0.1, 0.15) is 5.75 Å². The smallest absolute Gasteiger partial charge is 0.240 e. The number of ether oxygens (including phenoxy) is 1. The van der Waals surface area contributed by atoms with Gasteiger partial charge in [-0.15, -0.1) is 0 Å². The highest BCUT2D eigenvalue weighted by atomic mass is 79.9. The third-order valence-electron chi connectivity index (χ3n) is 2.65. The van der Waals surface area contributed by atoms with Gasteiger partial charge >= 0.3 is 0 Å². The van der Waals surface area contributed by atoms with E-state index in [-0.39, 0.29) is 10.9 Å². The van der Waals surface area contributed by atoms with Gasteiger partial charge < -0.3 is 10.1 Å². The normalized spacial score (nSPS) is 13.2. The highest BCUT2D eigenvalue weighted by Crippen LogP contribution is 2.27. The van der Waals surface area contributed by atoms with Gasteiger partial charge in [0.2, 0.25) is 10.0 Å². The van der Waals surface area contributed by atoms with Crippen LogP contribution in [0.1, 0.15) is 20.8 Å². The van der Waals surface area contributed by atoms with Gasteiger partial charge in [-0.3, -0.25) is 0 Å². The number of nitrogens with one attached hydrogen (secondary N) is 2. The monoisotopic (exact) mass is 364 g/mol. The largest absolute Gasteiger partial charge is 0.493 e. The molecule has 0 saturated carbocycles. The summed E-state index contributed by atoms with van der Waals surface area (Å²) in [6, 6.07) is 4.82. The summed E-state index contributed by atoms with van der Waals surface area (Å²) in [6.45, 7) is 7.47. The van der Waals surface area contributed by atoms with E-state index in [9.17, 15) is 8.42 Å². The third-order valence-corrected chi connectivity index (χ3v) is 4.69. The molecule has 0 bridgehead atoms. The first-order valence-corrected chi connectivity index (χ1v) is 8.83. The van der Waals surface area contributed by atoms with E-state index in [1.807, 2.05) is 20.8 Å². The van der Waals surface area contributed by atoms with Crippen molar-refractivity contribution in [2.75, 3.05) is 19.7 Å². The Kier molecular flexibility index (Phi) is 6.94. The number of sulfonamides is 1. The van der Waals surface area contributed by atoms with Crippen LogP contribution in [0.4, 0.5) is 0 Å². The minimum absolute atomic E-state index is 0.0842. The molecule has 1 atom stereocenters. The Morgan fingerprint density at radius 3 is 2.60 bits per heavy atom. The molecule has 0 radical (unpaired) electrons. The van der Waals surface area contributed by atoms with E-state index in [1.165, 1.54) is 6.07 Å². The standard InChI is InChI=1S/C13H21BrN2O3S/c1-4-15-10(3)9-16-20(17,18)11-6-7-13(19-5-2)12(14)8-11/h6-8,10,15-16H,4-5,9H2,1-3H3/t10-/m1/s1. The van der Waals surface area contributed by atoms with Crippen molar-refractivity contribution in [1.82, 2.24) is 10.0 Å². The second-order valence-electron chi connectivity index (χ2n) is 4.34. The Bertz CT molecular complexity index is 534. The van der Waals surface area contributed by atoms with Gasteiger partial charge in [-0.2, -0.15) is 0 Å². The average molecular weight is 365 g/mol. The number of rotatable bonds is 8. The fourth-order valence-corrected chi connectivity index (χ4v) is 3.46. The second-order valence-corrected chi connectivity index (χ2v) is 6.96. The van der Waals surface area contributed by atoms with Crippen LogP contribution < -0.4 is 14.8 Å². The Morgan fingerprint density at radius 1 is 1.35 bits per heavy atom. The summed E-state index contributed by atoms with van der Waals surface area (Å²) in [4.78, 5) is 0.219. The van der Waals surface area contributed by atoms with Crippen LogP contribution >= 0.6 is 15.9 Å². The van der Waals surface area contributed by atoms with Gasteiger partial charge in [0.15, 0.2) is 0 Å². The van der Waals surface area contributed by atoms with Crippen LogP contribution in [0.2, 0.25) is 0 Å². The average Bonchev–Trinajstić information content (AvgIpc) is 2.39. The Balaban J connectivity index is 2.80. The lowest BCUT2D eigenvalue weighted by Gasteiger charge is -2.14. The van der Waals surface area contributed by atoms with Crippen molar-refractivity contribution in [3.63, 3.8) is 0 Å². The van der Waals surface area contributed by atoms with Gasteiger partial charge in [0, 0.05) is 12.6 Å². The van der Waals surface area contributed by atoms with E-state index >= 15 is 0 Å². The molecule has 0 aliphatic rings. The van der Waals surface area contributed by atoms with E-state index < -0.39 is 10.0 Å². The third kappa shape index (κ3) is 5.05. The molecule has 0 heterocycles. The maximum Gasteiger partial charge on any atom is 0.240 e. The van der Waals surface area contributed by atoms with E-state index in [0.29, 0.717) is 23.4 Å². The van der Waals surface area contributed by atoms with E-state index in [0.717, 1.165) is 6.54 Å². The summed E-state index contributed by atoms with van der Waals surface area (Å²) < 4.78 is 32.9. The van der Waals surface area contributed by atoms with Crippen molar-refractivity contribution in [3.8, 4) is 5.75 Å². The van der Waals surface area contributed by atoms with Gasteiger partial charge in [0.05, 0.1) is 16.0 Å². The van der Waals surface area contributed by atoms with Crippen LogP contribution in [0.15, 0.2) is 27.6 Å². The van der Waals surface area contributed by atoms with Crippen LogP contribution in [0.3, 0.4) is 0 Å². The van der Waals surface area contributed by atoms with E-state index in [1.54, 1.807) is 12.1 Å². The summed E-state index contributed by atoms with van der Waals surface area (Å²) in [5.74, 6) is 0.632. The van der Waals surface area contributed by atoms with Gasteiger partial charge in [-0.25, -0.2) is 13.1 Å². The summed E-state index contributed by atoms with van der Waals surface area (Å²) in [5.41, 5.74) is 0. The zero-order valence-electron chi connectivity index (χ0n) is 11.9. The number of halogens is 1. The fourth-order valence-electron chi connectivity index (χ4n) is 1.66. The molecule has 0 aromatic heterocycles. The van der Waals surface area contributed by atoms with Gasteiger partial charge in [-0.05, 0) is 54.5 Å². The molecule has 0 fully saturated rings. The Labute approximate surface area is 129 Å². The highest BCUT2D eigenvalue weighted by Gasteiger charge is 2.16. The Morgan fingerprint density at radius 2 is 2.05 bits per heavy atom. The Hall–Kier alpha value is -0.630. The quantitative estimate of drug-likeness (QED) is 0.741. The predicted octanol–water partition coefficient (Wildman–Crippen LogP) is 2.12. The summed E-state index contributed by atoms with van der Waals surface area (Å²) in [5, 5.41) is 3.15. The lowest BCUT2D eigenvalue weighted by molar-refractivity contribution is 0.338. The molecule has 20 heavy (non-hydrogen) atoms. The van der Waals surface area contributed by atoms with Crippen molar-refractivity contribution in [2.45, 2.75) is 31.7 Å². The molecule has 7 heteroatoms. The zero-order chi connectivity index (χ0) is 15.2. The molecule has 114 valence electrons. The SMILES string of the molecule is CCN[C@H](C)CNS(=O)(=O)c1ccc(OCC)c(Br)c1. The van der Waals surface area contributed by atoms with Crippen molar-refractivity contribution >= 4 is 26.0 Å². The minimum atomic E-state index is -3.50. The molecular formula is C13H21BrN2O3S. The molecular weight excluding hydrogens is 344 g/mol. The molecule has 0 unspecified atom stereocenters. The van der Waals surface area contributed by atoms with Crippen molar-refractivity contribution in [3.05, 3.63) is 22.7 Å². The number of hydrogen-bond acceptors (Lipinski definition) is 4. The number of likely N-dealkylation sites (N-methyl/N-ethyl adjacent to an activating group) is 1. The van der Waals surface area contributed by atoms with E-state index in [2.05, 4.69) is 26.0 Å². The van der Waals surface area contributed by atoms with Crippen LogP contribution in [0.25, 0.3) is 0 Å². The van der Waals surface area contributed by atoms with Crippen molar-refractivity contribution in [2.24, 2.45) is 0 Å². The number of benzene rings is 1. The lowest BCUT2D eigenvalue weighted by atomic mass is 10.3. The predicted molar refractivity (Wildman–Crippen MR) is 83.6 cm³/mol. The lowest BCUT2D eigenvalue weighted by Crippen LogP contribution is -2.38. The van der Waals surface area contributed by atoms with Crippen LogP contribution in [-0.2, 0) is 10.0 Å². The topological polar surface area (TPSA) is 67.4 Å². The second kappa shape index (κ2) is 7.97. The van der Waals surface area contributed by atoms with Crippen molar-refractivity contribution in [1.29, 1.82) is 0 Å². The first-order chi connectivity index (χ1) is 9.40. The zero-order valence-corrected chi connectivity index (χ0v) is 14.3. The maximum absolute atomic E-state index is 12.2. The molecule has 2 N–H and O–H groups in total. The first-order valence-electron chi connectivity index (χ1n) is 6.56. The molecule has 0 aliphatic carbocycles. The molecule has 0 aliphatic heterocycles. The maximum atomic E-state index is 12.2. The van der Waals surface area contributed by atoms with Crippen LogP contribution in [0.5, 0.6) is 5.75 Å².